The van der Waals surface area contributed by atoms with Crippen LogP contribution in [0.4, 0.5) is 4.39 Å². The SMILES string of the molecule is O=S(=O)(c1cc(Cl)ccc1Cl)n1c(/C=C/c2ccc(F)cc2)nc2ccccc21. The zero-order chi connectivity index (χ0) is 20.6. The Morgan fingerprint density at radius 1 is 0.931 bits per heavy atom. The highest BCUT2D eigenvalue weighted by Crippen LogP contribution is 2.30. The minimum atomic E-state index is -4.09. The molecule has 29 heavy (non-hydrogen) atoms. The minimum absolute atomic E-state index is 0.0562. The smallest absolute Gasteiger partial charge is 0.228 e. The number of imidazole rings is 1. The summed E-state index contributed by atoms with van der Waals surface area (Å²) in [5.41, 5.74) is 1.61. The standard InChI is InChI=1S/C21H13Cl2FN2O2S/c22-15-8-11-17(23)20(13-15)29(27,28)26-19-4-2-1-3-18(19)25-21(26)12-7-14-5-9-16(24)10-6-14/h1-13H/b12-7+. The van der Waals surface area contributed by atoms with Crippen molar-refractivity contribution in [1.82, 2.24) is 8.96 Å². The van der Waals surface area contributed by atoms with Crippen molar-refractivity contribution >= 4 is 56.4 Å². The van der Waals surface area contributed by atoms with Crippen molar-refractivity contribution in [3.05, 3.63) is 94.0 Å². The van der Waals surface area contributed by atoms with Crippen LogP contribution in [0.2, 0.25) is 10.0 Å². The van der Waals surface area contributed by atoms with E-state index >= 15 is 0 Å². The maximum atomic E-state index is 13.5. The molecule has 0 saturated heterocycles. The molecule has 8 heteroatoms. The molecule has 0 aliphatic rings. The Kier molecular flexibility index (Phi) is 5.17. The monoisotopic (exact) mass is 446 g/mol. The summed E-state index contributed by atoms with van der Waals surface area (Å²) in [5, 5.41) is 0.307. The molecule has 0 saturated carbocycles. The molecule has 0 bridgehead atoms. The zero-order valence-corrected chi connectivity index (χ0v) is 17.1. The average Bonchev–Trinajstić information content (AvgIpc) is 3.08. The number of aromatic nitrogens is 2. The maximum absolute atomic E-state index is 13.5. The van der Waals surface area contributed by atoms with Gasteiger partial charge in [-0.15, -0.1) is 0 Å². The number of fused-ring (bicyclic) bond motifs is 1. The van der Waals surface area contributed by atoms with E-state index in [4.69, 9.17) is 23.2 Å². The van der Waals surface area contributed by atoms with Gasteiger partial charge in [-0.2, -0.15) is 0 Å². The van der Waals surface area contributed by atoms with Crippen molar-refractivity contribution in [2.24, 2.45) is 0 Å². The summed E-state index contributed by atoms with van der Waals surface area (Å²) in [5.74, 6) is -0.167. The molecule has 0 atom stereocenters. The molecule has 0 aliphatic carbocycles. The third-order valence-electron chi connectivity index (χ3n) is 4.25. The highest BCUT2D eigenvalue weighted by atomic mass is 35.5. The summed E-state index contributed by atoms with van der Waals surface area (Å²) in [4.78, 5) is 4.32. The molecule has 0 unspecified atom stereocenters. The summed E-state index contributed by atoms with van der Waals surface area (Å²) in [7, 11) is -4.09. The molecule has 4 rings (SSSR count). The van der Waals surface area contributed by atoms with Crippen molar-refractivity contribution in [2.45, 2.75) is 4.90 Å². The number of hydrogen-bond donors (Lipinski definition) is 0. The van der Waals surface area contributed by atoms with Crippen LogP contribution in [0.15, 0.2) is 71.6 Å². The van der Waals surface area contributed by atoms with Gasteiger partial charge in [-0.3, -0.25) is 0 Å². The van der Waals surface area contributed by atoms with Crippen LogP contribution in [-0.2, 0) is 10.0 Å². The Morgan fingerprint density at radius 2 is 1.66 bits per heavy atom. The zero-order valence-electron chi connectivity index (χ0n) is 14.8. The lowest BCUT2D eigenvalue weighted by Gasteiger charge is -2.11. The van der Waals surface area contributed by atoms with Crippen LogP contribution in [0.3, 0.4) is 0 Å². The second kappa shape index (κ2) is 7.63. The van der Waals surface area contributed by atoms with E-state index in [-0.39, 0.29) is 26.6 Å². The summed E-state index contributed by atoms with van der Waals surface area (Å²) >= 11 is 12.2. The summed E-state index contributed by atoms with van der Waals surface area (Å²) in [6.45, 7) is 0. The molecule has 0 N–H and O–H groups in total. The van der Waals surface area contributed by atoms with E-state index in [2.05, 4.69) is 4.98 Å². The van der Waals surface area contributed by atoms with Crippen LogP contribution < -0.4 is 0 Å². The lowest BCUT2D eigenvalue weighted by molar-refractivity contribution is 0.588. The van der Waals surface area contributed by atoms with E-state index in [0.717, 1.165) is 3.97 Å². The van der Waals surface area contributed by atoms with Gasteiger partial charge in [0.25, 0.3) is 10.0 Å². The van der Waals surface area contributed by atoms with Gasteiger partial charge in [0, 0.05) is 5.02 Å². The van der Waals surface area contributed by atoms with Gasteiger partial charge in [-0.05, 0) is 54.1 Å². The van der Waals surface area contributed by atoms with Crippen molar-refractivity contribution in [3.63, 3.8) is 0 Å². The van der Waals surface area contributed by atoms with Gasteiger partial charge in [0.15, 0.2) is 0 Å². The normalized spacial score (nSPS) is 12.1. The topological polar surface area (TPSA) is 52.0 Å². The van der Waals surface area contributed by atoms with Crippen LogP contribution in [0.5, 0.6) is 0 Å². The molecular weight excluding hydrogens is 434 g/mol. The fourth-order valence-electron chi connectivity index (χ4n) is 2.90. The molecule has 0 radical (unpaired) electrons. The first-order valence-corrected chi connectivity index (χ1v) is 10.7. The largest absolute Gasteiger partial charge is 0.271 e. The van der Waals surface area contributed by atoms with Crippen molar-refractivity contribution in [3.8, 4) is 0 Å². The molecule has 1 heterocycles. The molecule has 4 aromatic rings. The molecule has 4 nitrogen and oxygen atoms in total. The van der Waals surface area contributed by atoms with E-state index in [9.17, 15) is 12.8 Å². The second-order valence-electron chi connectivity index (χ2n) is 6.19. The molecule has 0 aliphatic heterocycles. The molecule has 146 valence electrons. The maximum Gasteiger partial charge on any atom is 0.271 e. The van der Waals surface area contributed by atoms with E-state index < -0.39 is 10.0 Å². The summed E-state index contributed by atoms with van der Waals surface area (Å²) < 4.78 is 41.2. The quantitative estimate of drug-likeness (QED) is 0.392. The molecule has 0 amide bonds. The first-order valence-electron chi connectivity index (χ1n) is 8.48. The molecule has 1 aromatic heterocycles. The molecule has 0 spiro atoms. The predicted octanol–water partition coefficient (Wildman–Crippen LogP) is 5.89. The highest BCUT2D eigenvalue weighted by Gasteiger charge is 2.25. The van der Waals surface area contributed by atoms with Gasteiger partial charge in [0.05, 0.1) is 16.1 Å². The summed E-state index contributed by atoms with van der Waals surface area (Å²) in [6, 6.07) is 17.0. The Labute approximate surface area is 176 Å². The third-order valence-corrected chi connectivity index (χ3v) is 6.68. The van der Waals surface area contributed by atoms with Gasteiger partial charge < -0.3 is 0 Å². The number of hydrogen-bond acceptors (Lipinski definition) is 3. The highest BCUT2D eigenvalue weighted by molar-refractivity contribution is 7.90. The third kappa shape index (κ3) is 3.79. The average molecular weight is 447 g/mol. The lowest BCUT2D eigenvalue weighted by atomic mass is 10.2. The van der Waals surface area contributed by atoms with Crippen LogP contribution in [0.25, 0.3) is 23.2 Å². The van der Waals surface area contributed by atoms with Crippen LogP contribution >= 0.6 is 23.2 Å². The first-order chi connectivity index (χ1) is 13.9. The number of benzene rings is 3. The molecule has 3 aromatic carbocycles. The molecular formula is C21H13Cl2FN2O2S. The number of para-hydroxylation sites is 2. The fraction of sp³-hybridized carbons (Fsp3) is 0. The van der Waals surface area contributed by atoms with Crippen LogP contribution in [-0.4, -0.2) is 17.4 Å². The van der Waals surface area contributed by atoms with Crippen LogP contribution in [0.1, 0.15) is 11.4 Å². The van der Waals surface area contributed by atoms with Gasteiger partial charge in [-0.25, -0.2) is 21.8 Å². The second-order valence-corrected chi connectivity index (χ2v) is 8.79. The van der Waals surface area contributed by atoms with Gasteiger partial charge in [0.2, 0.25) is 0 Å². The number of rotatable bonds is 4. The van der Waals surface area contributed by atoms with Gasteiger partial charge >= 0.3 is 0 Å². The van der Waals surface area contributed by atoms with E-state index in [1.165, 1.54) is 30.3 Å². The fourth-order valence-corrected chi connectivity index (χ4v) is 5.09. The van der Waals surface area contributed by atoms with Gasteiger partial charge in [-0.1, -0.05) is 53.5 Å². The van der Waals surface area contributed by atoms with Gasteiger partial charge in [0.1, 0.15) is 16.5 Å². The Hall–Kier alpha value is -2.67. The first kappa shape index (κ1) is 19.6. The van der Waals surface area contributed by atoms with Crippen molar-refractivity contribution in [2.75, 3.05) is 0 Å². The van der Waals surface area contributed by atoms with Crippen LogP contribution in [0, 0.1) is 5.82 Å². The van der Waals surface area contributed by atoms with E-state index in [1.54, 1.807) is 48.6 Å². The lowest BCUT2D eigenvalue weighted by Crippen LogP contribution is -2.15. The Bertz CT molecular complexity index is 1350. The summed E-state index contributed by atoms with van der Waals surface area (Å²) in [6.07, 6.45) is 3.22. The minimum Gasteiger partial charge on any atom is -0.228 e. The van der Waals surface area contributed by atoms with Crippen molar-refractivity contribution < 1.29 is 12.8 Å². The van der Waals surface area contributed by atoms with Crippen molar-refractivity contribution in [1.29, 1.82) is 0 Å². The number of halogens is 3. The Morgan fingerprint density at radius 3 is 2.41 bits per heavy atom. The number of nitrogens with zero attached hydrogens (tertiary/aromatic N) is 2. The van der Waals surface area contributed by atoms with E-state index in [0.29, 0.717) is 16.6 Å². The Balaban J connectivity index is 1.92. The predicted molar refractivity (Wildman–Crippen MR) is 114 cm³/mol. The molecule has 0 fully saturated rings. The van der Waals surface area contributed by atoms with E-state index in [1.807, 2.05) is 0 Å².